The lowest BCUT2D eigenvalue weighted by atomic mass is 9.81. The average molecular weight is 212 g/mol. The van der Waals surface area contributed by atoms with E-state index in [1.54, 1.807) is 0 Å². The zero-order chi connectivity index (χ0) is 11.5. The summed E-state index contributed by atoms with van der Waals surface area (Å²) in [5, 5.41) is 3.55. The van der Waals surface area contributed by atoms with Gasteiger partial charge in [0, 0.05) is 19.1 Å². The van der Waals surface area contributed by atoms with Gasteiger partial charge < -0.3 is 10.2 Å². The van der Waals surface area contributed by atoms with Crippen molar-refractivity contribution >= 4 is 0 Å². The van der Waals surface area contributed by atoms with E-state index in [0.29, 0.717) is 5.41 Å². The average Bonchev–Trinajstić information content (AvgIpc) is 2.52. The van der Waals surface area contributed by atoms with Gasteiger partial charge in [-0.1, -0.05) is 34.6 Å². The molecular formula is C13H28N2. The molecule has 0 aromatic heterocycles. The second-order valence-corrected chi connectivity index (χ2v) is 5.92. The summed E-state index contributed by atoms with van der Waals surface area (Å²) >= 11 is 0. The molecule has 0 radical (unpaired) electrons. The van der Waals surface area contributed by atoms with Crippen LogP contribution in [0.15, 0.2) is 0 Å². The second kappa shape index (κ2) is 5.31. The molecule has 0 spiro atoms. The van der Waals surface area contributed by atoms with Gasteiger partial charge in [0.2, 0.25) is 0 Å². The number of hydrogen-bond donors (Lipinski definition) is 1. The Morgan fingerprint density at radius 3 is 2.60 bits per heavy atom. The summed E-state index contributed by atoms with van der Waals surface area (Å²) in [5.41, 5.74) is 0.446. The second-order valence-electron chi connectivity index (χ2n) is 5.92. The Bertz CT molecular complexity index is 187. The van der Waals surface area contributed by atoms with E-state index in [0.717, 1.165) is 18.5 Å². The molecule has 1 unspecified atom stereocenters. The quantitative estimate of drug-likeness (QED) is 0.752. The monoisotopic (exact) mass is 212 g/mol. The van der Waals surface area contributed by atoms with E-state index >= 15 is 0 Å². The van der Waals surface area contributed by atoms with Crippen molar-refractivity contribution in [3.05, 3.63) is 0 Å². The van der Waals surface area contributed by atoms with Crippen LogP contribution in [0.5, 0.6) is 0 Å². The van der Waals surface area contributed by atoms with E-state index in [1.165, 1.54) is 26.1 Å². The van der Waals surface area contributed by atoms with Gasteiger partial charge in [0.1, 0.15) is 0 Å². The lowest BCUT2D eigenvalue weighted by Crippen LogP contribution is -2.38. The van der Waals surface area contributed by atoms with Gasteiger partial charge in [-0.25, -0.2) is 0 Å². The van der Waals surface area contributed by atoms with Crippen molar-refractivity contribution in [2.45, 2.75) is 47.1 Å². The third-order valence-electron chi connectivity index (χ3n) is 3.96. The predicted octanol–water partition coefficient (Wildman–Crippen LogP) is 2.35. The Labute approximate surface area is 95.4 Å². The molecule has 2 nitrogen and oxygen atoms in total. The minimum absolute atomic E-state index is 0.446. The number of likely N-dealkylation sites (N-methyl/N-ethyl adjacent to an activating group) is 1. The maximum Gasteiger partial charge on any atom is 0.0207 e. The number of nitrogens with one attached hydrogen (secondary N) is 1. The van der Waals surface area contributed by atoms with Crippen LogP contribution in [0.1, 0.15) is 41.0 Å². The maximum atomic E-state index is 3.55. The summed E-state index contributed by atoms with van der Waals surface area (Å²) in [5.74, 6) is 0.760. The van der Waals surface area contributed by atoms with Crippen molar-refractivity contribution in [2.75, 3.05) is 26.2 Å². The van der Waals surface area contributed by atoms with E-state index < -0.39 is 0 Å². The van der Waals surface area contributed by atoms with E-state index in [4.69, 9.17) is 0 Å². The molecular weight excluding hydrogens is 184 g/mol. The standard InChI is InChI=1S/C13H28N2/c1-6-14-12-7-8-15(9-12)10-13(4,5)11(2)3/h11-12,14H,6-10H2,1-5H3. The normalized spacial score (nSPS) is 24.0. The van der Waals surface area contributed by atoms with Crippen molar-refractivity contribution in [2.24, 2.45) is 11.3 Å². The van der Waals surface area contributed by atoms with Gasteiger partial charge in [-0.15, -0.1) is 0 Å². The summed E-state index contributed by atoms with van der Waals surface area (Å²) < 4.78 is 0. The number of rotatable bonds is 5. The molecule has 1 aliphatic heterocycles. The first-order chi connectivity index (χ1) is 6.95. The lowest BCUT2D eigenvalue weighted by Gasteiger charge is -2.33. The van der Waals surface area contributed by atoms with Gasteiger partial charge in [0.05, 0.1) is 0 Å². The Morgan fingerprint density at radius 2 is 2.07 bits per heavy atom. The molecule has 90 valence electrons. The van der Waals surface area contributed by atoms with Gasteiger partial charge in [-0.3, -0.25) is 0 Å². The van der Waals surface area contributed by atoms with E-state index in [9.17, 15) is 0 Å². The third-order valence-corrected chi connectivity index (χ3v) is 3.96. The highest BCUT2D eigenvalue weighted by Gasteiger charge is 2.29. The van der Waals surface area contributed by atoms with Gasteiger partial charge >= 0.3 is 0 Å². The van der Waals surface area contributed by atoms with E-state index in [1.807, 2.05) is 0 Å². The number of nitrogens with zero attached hydrogens (tertiary/aromatic N) is 1. The third kappa shape index (κ3) is 3.76. The fraction of sp³-hybridized carbons (Fsp3) is 1.00. The molecule has 1 N–H and O–H groups in total. The summed E-state index contributed by atoms with van der Waals surface area (Å²) in [4.78, 5) is 2.62. The van der Waals surface area contributed by atoms with Gasteiger partial charge in [-0.05, 0) is 30.8 Å². The summed E-state index contributed by atoms with van der Waals surface area (Å²) in [7, 11) is 0. The van der Waals surface area contributed by atoms with E-state index in [-0.39, 0.29) is 0 Å². The smallest absolute Gasteiger partial charge is 0.0207 e. The molecule has 1 atom stereocenters. The zero-order valence-corrected chi connectivity index (χ0v) is 11.1. The van der Waals surface area contributed by atoms with E-state index in [2.05, 4.69) is 44.8 Å². The van der Waals surface area contributed by atoms with Crippen molar-refractivity contribution in [3.63, 3.8) is 0 Å². The molecule has 1 fully saturated rings. The molecule has 15 heavy (non-hydrogen) atoms. The van der Waals surface area contributed by atoms with Crippen molar-refractivity contribution < 1.29 is 0 Å². The van der Waals surface area contributed by atoms with Crippen LogP contribution in [0.2, 0.25) is 0 Å². The van der Waals surface area contributed by atoms with Crippen LogP contribution in [0.3, 0.4) is 0 Å². The first-order valence-corrected chi connectivity index (χ1v) is 6.41. The molecule has 1 heterocycles. The van der Waals surface area contributed by atoms with Crippen LogP contribution in [0, 0.1) is 11.3 Å². The summed E-state index contributed by atoms with van der Waals surface area (Å²) in [6.45, 7) is 16.5. The predicted molar refractivity (Wildman–Crippen MR) is 67.1 cm³/mol. The highest BCUT2D eigenvalue weighted by Crippen LogP contribution is 2.28. The van der Waals surface area contributed by atoms with Crippen LogP contribution in [0.4, 0.5) is 0 Å². The minimum atomic E-state index is 0.446. The molecule has 1 rings (SSSR count). The first-order valence-electron chi connectivity index (χ1n) is 6.41. The summed E-state index contributed by atoms with van der Waals surface area (Å²) in [6, 6.07) is 0.734. The molecule has 0 bridgehead atoms. The first kappa shape index (κ1) is 13.0. The maximum absolute atomic E-state index is 3.55. The zero-order valence-electron chi connectivity index (χ0n) is 11.1. The van der Waals surface area contributed by atoms with Crippen LogP contribution < -0.4 is 5.32 Å². The molecule has 0 aromatic carbocycles. The molecule has 1 aliphatic rings. The molecule has 0 aromatic rings. The lowest BCUT2D eigenvalue weighted by molar-refractivity contribution is 0.153. The van der Waals surface area contributed by atoms with Gasteiger partial charge in [0.25, 0.3) is 0 Å². The Hall–Kier alpha value is -0.0800. The van der Waals surface area contributed by atoms with Gasteiger partial charge in [0.15, 0.2) is 0 Å². The van der Waals surface area contributed by atoms with Crippen LogP contribution >= 0.6 is 0 Å². The van der Waals surface area contributed by atoms with Crippen molar-refractivity contribution in [1.82, 2.24) is 10.2 Å². The Kier molecular flexibility index (Phi) is 4.60. The molecule has 1 saturated heterocycles. The minimum Gasteiger partial charge on any atom is -0.313 e. The fourth-order valence-corrected chi connectivity index (χ4v) is 2.19. The van der Waals surface area contributed by atoms with Crippen LogP contribution in [-0.2, 0) is 0 Å². The fourth-order valence-electron chi connectivity index (χ4n) is 2.19. The molecule has 0 aliphatic carbocycles. The van der Waals surface area contributed by atoms with Crippen molar-refractivity contribution in [3.8, 4) is 0 Å². The SMILES string of the molecule is CCNC1CCN(CC(C)(C)C(C)C)C1. The van der Waals surface area contributed by atoms with Gasteiger partial charge in [-0.2, -0.15) is 0 Å². The largest absolute Gasteiger partial charge is 0.313 e. The number of hydrogen-bond acceptors (Lipinski definition) is 2. The molecule has 0 saturated carbocycles. The Balaban J connectivity index is 2.35. The number of likely N-dealkylation sites (tertiary alicyclic amines) is 1. The van der Waals surface area contributed by atoms with Crippen molar-refractivity contribution in [1.29, 1.82) is 0 Å². The highest BCUT2D eigenvalue weighted by atomic mass is 15.2. The van der Waals surface area contributed by atoms with Crippen LogP contribution in [0.25, 0.3) is 0 Å². The Morgan fingerprint density at radius 1 is 1.40 bits per heavy atom. The summed E-state index contributed by atoms with van der Waals surface area (Å²) in [6.07, 6.45) is 1.32. The molecule has 2 heteroatoms. The topological polar surface area (TPSA) is 15.3 Å². The van der Waals surface area contributed by atoms with Crippen LogP contribution in [-0.4, -0.2) is 37.1 Å². The highest BCUT2D eigenvalue weighted by molar-refractivity contribution is 4.85. The molecule has 0 amide bonds.